The lowest BCUT2D eigenvalue weighted by atomic mass is 9.99. The molecule has 5 nitrogen and oxygen atoms in total. The van der Waals surface area contributed by atoms with Crippen LogP contribution in [0.1, 0.15) is 33.2 Å². The fraction of sp³-hybridized carbons (Fsp3) is 0.200. The van der Waals surface area contributed by atoms with Crippen LogP contribution in [0.15, 0.2) is 12.1 Å². The predicted octanol–water partition coefficient (Wildman–Crippen LogP) is 2.63. The molecule has 0 atom stereocenters. The summed E-state index contributed by atoms with van der Waals surface area (Å²) >= 11 is 0. The third-order valence-corrected chi connectivity index (χ3v) is 2.15. The van der Waals surface area contributed by atoms with Crippen LogP contribution in [0, 0.1) is 10.1 Å². The van der Waals surface area contributed by atoms with Gasteiger partial charge in [-0.15, -0.1) is 0 Å². The van der Waals surface area contributed by atoms with Crippen LogP contribution in [-0.2, 0) is 6.18 Å². The minimum absolute atomic E-state index is 0.0149. The van der Waals surface area contributed by atoms with Crippen LogP contribution in [0.3, 0.4) is 0 Å². The van der Waals surface area contributed by atoms with Gasteiger partial charge in [0.15, 0.2) is 12.1 Å². The highest BCUT2D eigenvalue weighted by molar-refractivity contribution is 6.05. The summed E-state index contributed by atoms with van der Waals surface area (Å²) in [5, 5.41) is 10.6. The molecule has 18 heavy (non-hydrogen) atoms. The summed E-state index contributed by atoms with van der Waals surface area (Å²) in [5.41, 5.74) is -3.65. The lowest BCUT2D eigenvalue weighted by molar-refractivity contribution is -0.385. The average Bonchev–Trinajstić information content (AvgIpc) is 2.25. The number of nitro benzene ring substituents is 1. The lowest BCUT2D eigenvalue weighted by Crippen LogP contribution is -2.11. The molecule has 0 saturated carbocycles. The highest BCUT2D eigenvalue weighted by atomic mass is 19.4. The zero-order valence-corrected chi connectivity index (χ0v) is 8.95. The minimum atomic E-state index is -4.84. The van der Waals surface area contributed by atoms with Crippen molar-refractivity contribution < 1.29 is 27.7 Å². The smallest absolute Gasteiger partial charge is 0.298 e. The van der Waals surface area contributed by atoms with Gasteiger partial charge in [-0.05, 0) is 13.0 Å². The Morgan fingerprint density at radius 1 is 1.39 bits per heavy atom. The molecule has 96 valence electrons. The van der Waals surface area contributed by atoms with Gasteiger partial charge < -0.3 is 0 Å². The van der Waals surface area contributed by atoms with Crippen LogP contribution < -0.4 is 0 Å². The third kappa shape index (κ3) is 2.53. The topological polar surface area (TPSA) is 77.3 Å². The van der Waals surface area contributed by atoms with Crippen LogP contribution >= 0.6 is 0 Å². The number of aldehydes is 1. The molecule has 8 heteroatoms. The number of hydrogen-bond donors (Lipinski definition) is 0. The van der Waals surface area contributed by atoms with E-state index in [1.807, 2.05) is 0 Å². The van der Waals surface area contributed by atoms with E-state index in [-0.39, 0.29) is 12.4 Å². The molecule has 0 amide bonds. The molecule has 0 aromatic heterocycles. The predicted molar refractivity (Wildman–Crippen MR) is 53.5 cm³/mol. The van der Waals surface area contributed by atoms with Gasteiger partial charge in [0.05, 0.1) is 10.5 Å². The summed E-state index contributed by atoms with van der Waals surface area (Å²) in [7, 11) is 0. The first-order chi connectivity index (χ1) is 8.18. The molecule has 0 N–H and O–H groups in total. The van der Waals surface area contributed by atoms with Crippen LogP contribution in [0.4, 0.5) is 18.9 Å². The monoisotopic (exact) mass is 261 g/mol. The fourth-order valence-electron chi connectivity index (χ4n) is 1.43. The van der Waals surface area contributed by atoms with E-state index in [9.17, 15) is 32.9 Å². The van der Waals surface area contributed by atoms with Gasteiger partial charge in [0, 0.05) is 11.6 Å². The molecule has 0 radical (unpaired) electrons. The summed E-state index contributed by atoms with van der Waals surface area (Å²) < 4.78 is 37.4. The Hall–Kier alpha value is -2.25. The van der Waals surface area contributed by atoms with Crippen molar-refractivity contribution in [1.82, 2.24) is 0 Å². The van der Waals surface area contributed by atoms with E-state index in [1.54, 1.807) is 0 Å². The number of alkyl halides is 3. The van der Waals surface area contributed by atoms with Crippen molar-refractivity contribution in [2.24, 2.45) is 0 Å². The van der Waals surface area contributed by atoms with Crippen molar-refractivity contribution in [3.8, 4) is 0 Å². The molecule has 0 aliphatic rings. The molecule has 0 heterocycles. The number of ketones is 1. The second kappa shape index (κ2) is 4.55. The number of carbonyl (C=O) groups excluding carboxylic acids is 2. The SMILES string of the molecule is CC(=O)c1c(C=O)cc(C(F)(F)F)cc1[N+](=O)[O-]. The second-order valence-corrected chi connectivity index (χ2v) is 3.39. The molecule has 0 unspecified atom stereocenters. The third-order valence-electron chi connectivity index (χ3n) is 2.15. The Morgan fingerprint density at radius 2 is 1.94 bits per heavy atom. The van der Waals surface area contributed by atoms with Gasteiger partial charge in [0.1, 0.15) is 5.56 Å². The number of halogens is 3. The van der Waals surface area contributed by atoms with Crippen molar-refractivity contribution in [1.29, 1.82) is 0 Å². The number of nitro groups is 1. The Labute approximate surface area is 98.4 Å². The van der Waals surface area contributed by atoms with Gasteiger partial charge >= 0.3 is 6.18 Å². The van der Waals surface area contributed by atoms with E-state index >= 15 is 0 Å². The quantitative estimate of drug-likeness (QED) is 0.362. The van der Waals surface area contributed by atoms with Gasteiger partial charge in [0.2, 0.25) is 0 Å². The Balaban J connectivity index is 3.70. The molecular formula is C10H6F3NO4. The van der Waals surface area contributed by atoms with E-state index in [4.69, 9.17) is 0 Å². The number of benzene rings is 1. The van der Waals surface area contributed by atoms with E-state index in [1.165, 1.54) is 0 Å². The average molecular weight is 261 g/mol. The molecule has 1 aromatic rings. The molecule has 0 fully saturated rings. The summed E-state index contributed by atoms with van der Waals surface area (Å²) in [6.45, 7) is 0.933. The molecule has 0 spiro atoms. The summed E-state index contributed by atoms with van der Waals surface area (Å²) in [5.74, 6) is -0.850. The van der Waals surface area contributed by atoms with Gasteiger partial charge in [-0.1, -0.05) is 0 Å². The van der Waals surface area contributed by atoms with Crippen LogP contribution in [0.5, 0.6) is 0 Å². The fourth-order valence-corrected chi connectivity index (χ4v) is 1.43. The zero-order valence-electron chi connectivity index (χ0n) is 8.95. The van der Waals surface area contributed by atoms with E-state index in [0.29, 0.717) is 6.07 Å². The maximum absolute atomic E-state index is 12.5. The van der Waals surface area contributed by atoms with Crippen LogP contribution in [0.25, 0.3) is 0 Å². The number of nitrogens with zero attached hydrogens (tertiary/aromatic N) is 1. The largest absolute Gasteiger partial charge is 0.416 e. The highest BCUT2D eigenvalue weighted by Gasteiger charge is 2.35. The van der Waals surface area contributed by atoms with Crippen molar-refractivity contribution in [3.63, 3.8) is 0 Å². The molecule has 1 rings (SSSR count). The Morgan fingerprint density at radius 3 is 2.28 bits per heavy atom. The molecule has 0 aliphatic carbocycles. The second-order valence-electron chi connectivity index (χ2n) is 3.39. The highest BCUT2D eigenvalue weighted by Crippen LogP contribution is 2.34. The Kier molecular flexibility index (Phi) is 3.49. The molecule has 0 saturated heterocycles. The van der Waals surface area contributed by atoms with Crippen molar-refractivity contribution in [2.75, 3.05) is 0 Å². The standard InChI is InChI=1S/C10H6F3NO4/c1-5(16)9-6(4-15)2-7(10(11,12)13)3-8(9)14(17)18/h2-4H,1H3. The van der Waals surface area contributed by atoms with E-state index in [0.717, 1.165) is 6.92 Å². The normalized spacial score (nSPS) is 11.1. The maximum atomic E-state index is 12.5. The number of hydrogen-bond acceptors (Lipinski definition) is 4. The first-order valence-corrected chi connectivity index (χ1v) is 4.54. The van der Waals surface area contributed by atoms with E-state index < -0.39 is 39.3 Å². The molecule has 0 bridgehead atoms. The summed E-state index contributed by atoms with van der Waals surface area (Å²) in [6, 6.07) is 0.653. The van der Waals surface area contributed by atoms with Gasteiger partial charge in [0.25, 0.3) is 5.69 Å². The van der Waals surface area contributed by atoms with E-state index in [2.05, 4.69) is 0 Å². The van der Waals surface area contributed by atoms with Crippen molar-refractivity contribution >= 4 is 17.8 Å². The van der Waals surface area contributed by atoms with Crippen molar-refractivity contribution in [2.45, 2.75) is 13.1 Å². The molecular weight excluding hydrogens is 255 g/mol. The maximum Gasteiger partial charge on any atom is 0.416 e. The van der Waals surface area contributed by atoms with Crippen LogP contribution in [-0.4, -0.2) is 17.0 Å². The van der Waals surface area contributed by atoms with Crippen molar-refractivity contribution in [3.05, 3.63) is 38.9 Å². The number of rotatable bonds is 3. The first kappa shape index (κ1) is 13.8. The first-order valence-electron chi connectivity index (χ1n) is 4.54. The molecule has 0 aliphatic heterocycles. The van der Waals surface area contributed by atoms with Gasteiger partial charge in [-0.2, -0.15) is 13.2 Å². The number of Topliss-reactive ketones (excluding diaryl/α,β-unsaturated/α-hetero) is 1. The summed E-state index contributed by atoms with van der Waals surface area (Å²) in [4.78, 5) is 31.3. The lowest BCUT2D eigenvalue weighted by Gasteiger charge is -2.09. The minimum Gasteiger partial charge on any atom is -0.298 e. The summed E-state index contributed by atoms with van der Waals surface area (Å²) in [6.07, 6.45) is -4.85. The van der Waals surface area contributed by atoms with Crippen LogP contribution in [0.2, 0.25) is 0 Å². The van der Waals surface area contributed by atoms with Gasteiger partial charge in [-0.25, -0.2) is 0 Å². The number of carbonyl (C=O) groups is 2. The zero-order chi connectivity index (χ0) is 14.1. The Bertz CT molecular complexity index is 537. The van der Waals surface area contributed by atoms with Gasteiger partial charge in [-0.3, -0.25) is 19.7 Å². The molecule has 1 aromatic carbocycles.